The second kappa shape index (κ2) is 8.54. The van der Waals surface area contributed by atoms with E-state index in [4.69, 9.17) is 0 Å². The molecule has 0 unspecified atom stereocenters. The summed E-state index contributed by atoms with van der Waals surface area (Å²) in [5.41, 5.74) is 1.93. The van der Waals surface area contributed by atoms with Gasteiger partial charge in [0, 0.05) is 17.8 Å². The van der Waals surface area contributed by atoms with Gasteiger partial charge in [-0.05, 0) is 29.7 Å². The number of hydrogen-bond donors (Lipinski definition) is 2. The van der Waals surface area contributed by atoms with E-state index in [9.17, 15) is 23.3 Å². The molecule has 0 heterocycles. The fourth-order valence-electron chi connectivity index (χ4n) is 2.23. The summed E-state index contributed by atoms with van der Waals surface area (Å²) in [6, 6.07) is 12.5. The van der Waals surface area contributed by atoms with Crippen molar-refractivity contribution < 1.29 is 18.1 Å². The lowest BCUT2D eigenvalue weighted by Crippen LogP contribution is -2.33. The number of amides is 1. The van der Waals surface area contributed by atoms with Gasteiger partial charge < -0.3 is 5.32 Å². The normalized spacial score (nSPS) is 11.1. The Hall–Kier alpha value is -2.78. The van der Waals surface area contributed by atoms with Crippen LogP contribution in [0.1, 0.15) is 18.1 Å². The lowest BCUT2D eigenvalue weighted by molar-refractivity contribution is -0.384. The van der Waals surface area contributed by atoms with Gasteiger partial charge in [-0.2, -0.15) is 0 Å². The summed E-state index contributed by atoms with van der Waals surface area (Å²) in [5.74, 6) is -0.852. The lowest BCUT2D eigenvalue weighted by Gasteiger charge is -2.09. The minimum Gasteiger partial charge on any atom is -0.325 e. The smallest absolute Gasteiger partial charge is 0.269 e. The highest BCUT2D eigenvalue weighted by Gasteiger charge is 2.14. The van der Waals surface area contributed by atoms with Gasteiger partial charge in [0.05, 0.1) is 17.2 Å². The number of nitrogens with zero attached hydrogens (tertiary/aromatic N) is 1. The Morgan fingerprint density at radius 2 is 1.81 bits per heavy atom. The number of carbonyl (C=O) groups is 1. The van der Waals surface area contributed by atoms with Crippen LogP contribution in [0.25, 0.3) is 0 Å². The van der Waals surface area contributed by atoms with Crippen LogP contribution in [-0.4, -0.2) is 25.8 Å². The Morgan fingerprint density at radius 3 is 2.42 bits per heavy atom. The summed E-state index contributed by atoms with van der Waals surface area (Å²) in [4.78, 5) is 22.0. The number of carbonyl (C=O) groups excluding carboxylic acids is 1. The van der Waals surface area contributed by atoms with Gasteiger partial charge in [-0.15, -0.1) is 0 Å². The molecule has 9 heteroatoms. The van der Waals surface area contributed by atoms with Crippen LogP contribution in [0, 0.1) is 10.1 Å². The molecule has 0 bridgehead atoms. The standard InChI is InChI=1S/C17H19N3O5S/c1-2-13-4-3-5-15(10-13)19-17(21)11-18-26(24,25)12-14-6-8-16(9-7-14)20(22)23/h3-10,18H,2,11-12H2,1H3,(H,19,21). The first-order valence-electron chi connectivity index (χ1n) is 7.88. The Labute approximate surface area is 151 Å². The molecular weight excluding hydrogens is 358 g/mol. The summed E-state index contributed by atoms with van der Waals surface area (Å²) < 4.78 is 26.3. The first-order valence-corrected chi connectivity index (χ1v) is 9.54. The molecule has 2 aromatic rings. The van der Waals surface area contributed by atoms with Crippen LogP contribution in [0.2, 0.25) is 0 Å². The van der Waals surface area contributed by atoms with Crippen LogP contribution in [-0.2, 0) is 27.0 Å². The molecule has 0 fully saturated rings. The van der Waals surface area contributed by atoms with E-state index in [0.29, 0.717) is 11.3 Å². The molecule has 0 saturated heterocycles. The van der Waals surface area contributed by atoms with E-state index < -0.39 is 27.4 Å². The number of sulfonamides is 1. The van der Waals surface area contributed by atoms with Gasteiger partial charge in [0.1, 0.15) is 0 Å². The number of nitro groups is 1. The van der Waals surface area contributed by atoms with E-state index in [1.54, 1.807) is 6.07 Å². The summed E-state index contributed by atoms with van der Waals surface area (Å²) >= 11 is 0. The first kappa shape index (κ1) is 19.5. The van der Waals surface area contributed by atoms with E-state index in [-0.39, 0.29) is 11.4 Å². The average molecular weight is 377 g/mol. The molecule has 2 aromatic carbocycles. The van der Waals surface area contributed by atoms with E-state index in [2.05, 4.69) is 10.0 Å². The molecule has 1 amide bonds. The molecule has 2 N–H and O–H groups in total. The highest BCUT2D eigenvalue weighted by molar-refractivity contribution is 7.88. The second-order valence-corrected chi connectivity index (χ2v) is 7.41. The van der Waals surface area contributed by atoms with Crippen molar-refractivity contribution in [2.75, 3.05) is 11.9 Å². The molecular formula is C17H19N3O5S. The predicted octanol–water partition coefficient (Wildman–Crippen LogP) is 2.22. The summed E-state index contributed by atoms with van der Waals surface area (Å²) in [6.07, 6.45) is 0.825. The van der Waals surface area contributed by atoms with Crippen LogP contribution in [0.5, 0.6) is 0 Å². The first-order chi connectivity index (χ1) is 12.3. The number of benzene rings is 2. The average Bonchev–Trinajstić information content (AvgIpc) is 2.60. The van der Waals surface area contributed by atoms with Gasteiger partial charge in [0.15, 0.2) is 0 Å². The molecule has 2 rings (SSSR count). The van der Waals surface area contributed by atoms with Gasteiger partial charge in [-0.25, -0.2) is 13.1 Å². The van der Waals surface area contributed by atoms with Crippen LogP contribution < -0.4 is 10.0 Å². The summed E-state index contributed by atoms with van der Waals surface area (Å²) in [5, 5.41) is 13.2. The highest BCUT2D eigenvalue weighted by Crippen LogP contribution is 2.14. The lowest BCUT2D eigenvalue weighted by atomic mass is 10.1. The molecule has 0 radical (unpaired) electrons. The second-order valence-electron chi connectivity index (χ2n) is 5.61. The quantitative estimate of drug-likeness (QED) is 0.540. The number of rotatable bonds is 8. The molecule has 0 aliphatic rings. The third kappa shape index (κ3) is 5.94. The number of aryl methyl sites for hydroxylation is 1. The molecule has 26 heavy (non-hydrogen) atoms. The molecule has 0 aliphatic carbocycles. The fraction of sp³-hybridized carbons (Fsp3) is 0.235. The number of non-ortho nitro benzene ring substituents is 1. The maximum absolute atomic E-state index is 12.1. The van der Waals surface area contributed by atoms with Crippen molar-refractivity contribution in [3.8, 4) is 0 Å². The van der Waals surface area contributed by atoms with Crippen molar-refractivity contribution in [3.05, 3.63) is 69.8 Å². The zero-order valence-electron chi connectivity index (χ0n) is 14.1. The number of hydrogen-bond acceptors (Lipinski definition) is 5. The van der Waals surface area contributed by atoms with Crippen LogP contribution in [0.15, 0.2) is 48.5 Å². The van der Waals surface area contributed by atoms with Crippen molar-refractivity contribution >= 4 is 27.3 Å². The predicted molar refractivity (Wildman–Crippen MR) is 98.2 cm³/mol. The SMILES string of the molecule is CCc1cccc(NC(=O)CNS(=O)(=O)Cc2ccc([N+](=O)[O-])cc2)c1. The zero-order valence-corrected chi connectivity index (χ0v) is 15.0. The van der Waals surface area contributed by atoms with Crippen molar-refractivity contribution in [3.63, 3.8) is 0 Å². The van der Waals surface area contributed by atoms with Gasteiger partial charge >= 0.3 is 0 Å². The maximum Gasteiger partial charge on any atom is 0.269 e. The Morgan fingerprint density at radius 1 is 1.12 bits per heavy atom. The number of anilines is 1. The van der Waals surface area contributed by atoms with E-state index in [0.717, 1.165) is 12.0 Å². The van der Waals surface area contributed by atoms with Crippen molar-refractivity contribution in [2.24, 2.45) is 0 Å². The minimum atomic E-state index is -3.75. The monoisotopic (exact) mass is 377 g/mol. The summed E-state index contributed by atoms with van der Waals surface area (Å²) in [7, 11) is -3.75. The topological polar surface area (TPSA) is 118 Å². The molecule has 0 atom stereocenters. The van der Waals surface area contributed by atoms with E-state index >= 15 is 0 Å². The fourth-order valence-corrected chi connectivity index (χ4v) is 3.32. The largest absolute Gasteiger partial charge is 0.325 e. The zero-order chi connectivity index (χ0) is 19.2. The van der Waals surface area contributed by atoms with Crippen LogP contribution >= 0.6 is 0 Å². The molecule has 0 aromatic heterocycles. The molecule has 138 valence electrons. The molecule has 0 saturated carbocycles. The van der Waals surface area contributed by atoms with E-state index in [1.807, 2.05) is 25.1 Å². The third-order valence-corrected chi connectivity index (χ3v) is 4.87. The van der Waals surface area contributed by atoms with Crippen molar-refractivity contribution in [2.45, 2.75) is 19.1 Å². The van der Waals surface area contributed by atoms with Gasteiger partial charge in [0.2, 0.25) is 15.9 Å². The number of nitrogens with one attached hydrogen (secondary N) is 2. The third-order valence-electron chi connectivity index (χ3n) is 3.58. The molecule has 0 aliphatic heterocycles. The summed E-state index contributed by atoms with van der Waals surface area (Å²) in [6.45, 7) is 1.60. The van der Waals surface area contributed by atoms with Crippen LogP contribution in [0.4, 0.5) is 11.4 Å². The molecule has 0 spiro atoms. The number of nitro benzene ring substituents is 1. The highest BCUT2D eigenvalue weighted by atomic mass is 32.2. The minimum absolute atomic E-state index is 0.118. The van der Waals surface area contributed by atoms with Gasteiger partial charge in [-0.3, -0.25) is 14.9 Å². The van der Waals surface area contributed by atoms with Crippen molar-refractivity contribution in [1.82, 2.24) is 4.72 Å². The van der Waals surface area contributed by atoms with Crippen molar-refractivity contribution in [1.29, 1.82) is 0 Å². The Kier molecular flexibility index (Phi) is 6.42. The van der Waals surface area contributed by atoms with Crippen LogP contribution in [0.3, 0.4) is 0 Å². The van der Waals surface area contributed by atoms with Gasteiger partial charge in [0.25, 0.3) is 5.69 Å². The Balaban J connectivity index is 1.90. The molecule has 8 nitrogen and oxygen atoms in total. The Bertz CT molecular complexity index is 895. The van der Waals surface area contributed by atoms with E-state index in [1.165, 1.54) is 24.3 Å². The van der Waals surface area contributed by atoms with Gasteiger partial charge in [-0.1, -0.05) is 31.2 Å². The maximum atomic E-state index is 12.1.